The molecule has 1 aliphatic heterocycles. The van der Waals surface area contributed by atoms with Crippen LogP contribution in [0.25, 0.3) is 5.69 Å². The number of rotatable bonds is 8. The van der Waals surface area contributed by atoms with Gasteiger partial charge < -0.3 is 9.64 Å². The molecule has 3 aromatic rings. The summed E-state index contributed by atoms with van der Waals surface area (Å²) in [7, 11) is 0. The van der Waals surface area contributed by atoms with Crippen LogP contribution in [0.4, 0.5) is 0 Å². The number of para-hydroxylation sites is 1. The van der Waals surface area contributed by atoms with Crippen molar-refractivity contribution in [1.29, 1.82) is 0 Å². The van der Waals surface area contributed by atoms with Gasteiger partial charge in [-0.05, 0) is 57.1 Å². The molecule has 0 saturated carbocycles. The van der Waals surface area contributed by atoms with Gasteiger partial charge in [-0.25, -0.2) is 0 Å². The maximum Gasteiger partial charge on any atom is 0.195 e. The summed E-state index contributed by atoms with van der Waals surface area (Å²) in [6.45, 7) is 6.03. The third-order valence-electron chi connectivity index (χ3n) is 4.94. The number of nitrogens with zero attached hydrogens (tertiary/aromatic N) is 4. The standard InChI is InChI=1S/C22H26N4OS/c1-18-9-11-19(12-10-18)26-21(17-27-20-7-3-2-4-8-20)23-24-22(26)28-16-15-25-13-5-6-14-25/h2-4,7-12H,5-6,13-17H2,1H3. The predicted octanol–water partition coefficient (Wildman–Crippen LogP) is 4.34. The SMILES string of the molecule is Cc1ccc(-n2c(COc3ccccc3)nnc2SCCN2CCCC2)cc1. The fraction of sp³-hybridized carbons (Fsp3) is 0.364. The van der Waals surface area contributed by atoms with Gasteiger partial charge in [-0.2, -0.15) is 0 Å². The van der Waals surface area contributed by atoms with E-state index in [-0.39, 0.29) is 0 Å². The van der Waals surface area contributed by atoms with Crippen LogP contribution in [0.2, 0.25) is 0 Å². The molecule has 0 radical (unpaired) electrons. The summed E-state index contributed by atoms with van der Waals surface area (Å²) in [6.07, 6.45) is 2.65. The Kier molecular flexibility index (Phi) is 6.29. The molecule has 0 N–H and O–H groups in total. The van der Waals surface area contributed by atoms with Crippen molar-refractivity contribution < 1.29 is 4.74 Å². The Balaban J connectivity index is 1.51. The molecule has 2 heterocycles. The van der Waals surface area contributed by atoms with E-state index in [1.165, 1.54) is 31.5 Å². The lowest BCUT2D eigenvalue weighted by atomic mass is 10.2. The van der Waals surface area contributed by atoms with Crippen LogP contribution in [0.5, 0.6) is 5.75 Å². The van der Waals surface area contributed by atoms with Crippen LogP contribution < -0.4 is 4.74 Å². The van der Waals surface area contributed by atoms with E-state index in [0.717, 1.165) is 34.7 Å². The average Bonchev–Trinajstić information content (AvgIpc) is 3.38. The minimum Gasteiger partial charge on any atom is -0.486 e. The van der Waals surface area contributed by atoms with Crippen LogP contribution in [-0.2, 0) is 6.61 Å². The molecule has 0 spiro atoms. The van der Waals surface area contributed by atoms with Gasteiger partial charge in [0.1, 0.15) is 12.4 Å². The van der Waals surface area contributed by atoms with Crippen molar-refractivity contribution in [2.45, 2.75) is 31.5 Å². The van der Waals surface area contributed by atoms with E-state index in [9.17, 15) is 0 Å². The van der Waals surface area contributed by atoms with Crippen LogP contribution in [-0.4, -0.2) is 45.1 Å². The topological polar surface area (TPSA) is 43.2 Å². The van der Waals surface area contributed by atoms with Gasteiger partial charge >= 0.3 is 0 Å². The maximum absolute atomic E-state index is 5.94. The number of thioether (sulfide) groups is 1. The van der Waals surface area contributed by atoms with Gasteiger partial charge in [0.15, 0.2) is 11.0 Å². The maximum atomic E-state index is 5.94. The van der Waals surface area contributed by atoms with Crippen molar-refractivity contribution in [3.63, 3.8) is 0 Å². The molecule has 2 aromatic carbocycles. The first-order chi connectivity index (χ1) is 13.8. The Morgan fingerprint density at radius 2 is 1.71 bits per heavy atom. The van der Waals surface area contributed by atoms with E-state index in [0.29, 0.717) is 6.61 Å². The second kappa shape index (κ2) is 9.26. The molecule has 28 heavy (non-hydrogen) atoms. The number of likely N-dealkylation sites (tertiary alicyclic amines) is 1. The summed E-state index contributed by atoms with van der Waals surface area (Å²) in [6, 6.07) is 18.3. The van der Waals surface area contributed by atoms with Crippen LogP contribution in [0.15, 0.2) is 59.8 Å². The van der Waals surface area contributed by atoms with E-state index in [4.69, 9.17) is 4.74 Å². The number of hydrogen-bond acceptors (Lipinski definition) is 5. The van der Waals surface area contributed by atoms with Crippen molar-refractivity contribution >= 4 is 11.8 Å². The monoisotopic (exact) mass is 394 g/mol. The Labute approximate surface area is 170 Å². The van der Waals surface area contributed by atoms with E-state index in [2.05, 4.69) is 50.9 Å². The molecule has 5 nitrogen and oxygen atoms in total. The number of benzene rings is 2. The minimum atomic E-state index is 0.386. The van der Waals surface area contributed by atoms with Gasteiger partial charge in [-0.15, -0.1) is 10.2 Å². The zero-order chi connectivity index (χ0) is 19.2. The van der Waals surface area contributed by atoms with Crippen molar-refractivity contribution in [2.24, 2.45) is 0 Å². The lowest BCUT2D eigenvalue weighted by Gasteiger charge is -2.14. The summed E-state index contributed by atoms with van der Waals surface area (Å²) < 4.78 is 8.06. The van der Waals surface area contributed by atoms with E-state index in [1.807, 2.05) is 30.3 Å². The van der Waals surface area contributed by atoms with Crippen molar-refractivity contribution in [3.8, 4) is 11.4 Å². The molecular weight excluding hydrogens is 368 g/mol. The van der Waals surface area contributed by atoms with Gasteiger partial charge in [0.2, 0.25) is 0 Å². The van der Waals surface area contributed by atoms with E-state index < -0.39 is 0 Å². The molecular formula is C22H26N4OS. The summed E-state index contributed by atoms with van der Waals surface area (Å²) in [4.78, 5) is 2.53. The third kappa shape index (κ3) is 4.75. The Morgan fingerprint density at radius 3 is 2.46 bits per heavy atom. The molecule has 0 amide bonds. The van der Waals surface area contributed by atoms with Gasteiger partial charge in [-0.3, -0.25) is 4.57 Å². The number of aryl methyl sites for hydroxylation is 1. The normalized spacial score (nSPS) is 14.5. The Hall–Kier alpha value is -2.31. The van der Waals surface area contributed by atoms with Crippen molar-refractivity contribution in [1.82, 2.24) is 19.7 Å². The van der Waals surface area contributed by atoms with Crippen LogP contribution in [0, 0.1) is 6.92 Å². The Bertz CT molecular complexity index is 873. The molecule has 1 aliphatic rings. The number of hydrogen-bond donors (Lipinski definition) is 0. The molecule has 0 bridgehead atoms. The highest BCUT2D eigenvalue weighted by atomic mass is 32.2. The average molecular weight is 395 g/mol. The highest BCUT2D eigenvalue weighted by molar-refractivity contribution is 7.99. The second-order valence-electron chi connectivity index (χ2n) is 7.07. The lowest BCUT2D eigenvalue weighted by Crippen LogP contribution is -2.22. The molecule has 0 unspecified atom stereocenters. The van der Waals surface area contributed by atoms with E-state index in [1.54, 1.807) is 11.8 Å². The molecule has 4 rings (SSSR count). The summed E-state index contributed by atoms with van der Waals surface area (Å²) in [5.41, 5.74) is 2.31. The van der Waals surface area contributed by atoms with Crippen LogP contribution >= 0.6 is 11.8 Å². The molecule has 1 saturated heterocycles. The Morgan fingerprint density at radius 1 is 0.964 bits per heavy atom. The molecule has 0 atom stereocenters. The first kappa shape index (κ1) is 19.0. The van der Waals surface area contributed by atoms with Crippen LogP contribution in [0.1, 0.15) is 24.2 Å². The summed E-state index contributed by atoms with van der Waals surface area (Å²) in [5, 5.41) is 9.83. The highest BCUT2D eigenvalue weighted by Gasteiger charge is 2.16. The minimum absolute atomic E-state index is 0.386. The van der Waals surface area contributed by atoms with Gasteiger partial charge in [0.05, 0.1) is 0 Å². The zero-order valence-corrected chi connectivity index (χ0v) is 17.1. The second-order valence-corrected chi connectivity index (χ2v) is 8.13. The molecule has 1 aromatic heterocycles. The largest absolute Gasteiger partial charge is 0.486 e. The fourth-order valence-electron chi connectivity index (χ4n) is 3.38. The molecule has 1 fully saturated rings. The smallest absolute Gasteiger partial charge is 0.195 e. The van der Waals surface area contributed by atoms with Crippen molar-refractivity contribution in [2.75, 3.05) is 25.4 Å². The lowest BCUT2D eigenvalue weighted by molar-refractivity contribution is 0.293. The predicted molar refractivity (Wildman–Crippen MR) is 113 cm³/mol. The first-order valence-electron chi connectivity index (χ1n) is 9.84. The van der Waals surface area contributed by atoms with Gasteiger partial charge in [-0.1, -0.05) is 47.7 Å². The highest BCUT2D eigenvalue weighted by Crippen LogP contribution is 2.24. The third-order valence-corrected chi connectivity index (χ3v) is 5.85. The summed E-state index contributed by atoms with van der Waals surface area (Å²) >= 11 is 1.77. The molecule has 6 heteroatoms. The number of ether oxygens (including phenoxy) is 1. The zero-order valence-electron chi connectivity index (χ0n) is 16.3. The van der Waals surface area contributed by atoms with E-state index >= 15 is 0 Å². The molecule has 0 aliphatic carbocycles. The quantitative estimate of drug-likeness (QED) is 0.532. The van der Waals surface area contributed by atoms with Gasteiger partial charge in [0.25, 0.3) is 0 Å². The molecule has 146 valence electrons. The van der Waals surface area contributed by atoms with Crippen molar-refractivity contribution in [3.05, 3.63) is 66.0 Å². The number of aromatic nitrogens is 3. The first-order valence-corrected chi connectivity index (χ1v) is 10.8. The fourth-order valence-corrected chi connectivity index (χ4v) is 4.35. The van der Waals surface area contributed by atoms with Gasteiger partial charge in [0, 0.05) is 18.0 Å². The van der Waals surface area contributed by atoms with Crippen LogP contribution in [0.3, 0.4) is 0 Å². The summed E-state index contributed by atoms with van der Waals surface area (Å²) in [5.74, 6) is 2.67.